The summed E-state index contributed by atoms with van der Waals surface area (Å²) in [5.74, 6) is 1.44. The monoisotopic (exact) mass is 437 g/mol. The number of fused-ring (bicyclic) bond motifs is 1. The average molecular weight is 438 g/mol. The molecule has 2 aromatic carbocycles. The molecule has 2 heterocycles. The fraction of sp³-hybridized carbons (Fsp3) is 0.292. The number of hydrogen-bond acceptors (Lipinski definition) is 5. The fourth-order valence-electron chi connectivity index (χ4n) is 3.76. The summed E-state index contributed by atoms with van der Waals surface area (Å²) in [7, 11) is 1.63. The Morgan fingerprint density at radius 2 is 2.00 bits per heavy atom. The fourth-order valence-corrected chi connectivity index (χ4v) is 4.03. The molecule has 0 spiro atoms. The van der Waals surface area contributed by atoms with E-state index in [1.54, 1.807) is 7.11 Å². The van der Waals surface area contributed by atoms with Crippen LogP contribution in [0, 0.1) is 0 Å². The summed E-state index contributed by atoms with van der Waals surface area (Å²) < 4.78 is 11.0. The number of carbonyl (C=O) groups is 1. The first-order valence-corrected chi connectivity index (χ1v) is 10.7. The lowest BCUT2D eigenvalue weighted by atomic mass is 9.98. The molecule has 160 valence electrons. The quantitative estimate of drug-likeness (QED) is 0.485. The number of hydrogen-bond donors (Lipinski definition) is 0. The van der Waals surface area contributed by atoms with Gasteiger partial charge in [-0.3, -0.25) is 4.79 Å². The molecule has 4 rings (SSSR count). The molecule has 0 saturated carbocycles. The van der Waals surface area contributed by atoms with Gasteiger partial charge in [0.25, 0.3) is 0 Å². The van der Waals surface area contributed by atoms with Crippen LogP contribution in [-0.2, 0) is 4.79 Å². The Morgan fingerprint density at radius 1 is 1.16 bits per heavy atom. The minimum absolute atomic E-state index is 0.0675. The van der Waals surface area contributed by atoms with Crippen molar-refractivity contribution in [3.05, 3.63) is 64.8 Å². The number of ether oxygens (including phenoxy) is 2. The molecular formula is C24H24ClN3O3. The van der Waals surface area contributed by atoms with Gasteiger partial charge in [-0.2, -0.15) is 5.10 Å². The van der Waals surface area contributed by atoms with Crippen molar-refractivity contribution >= 4 is 34.1 Å². The van der Waals surface area contributed by atoms with Gasteiger partial charge in [-0.15, -0.1) is 0 Å². The molecule has 0 aliphatic carbocycles. The molecule has 0 N–H and O–H groups in total. The zero-order valence-electron chi connectivity index (χ0n) is 17.8. The van der Waals surface area contributed by atoms with Crippen LogP contribution in [0.15, 0.2) is 53.6 Å². The van der Waals surface area contributed by atoms with E-state index in [-0.39, 0.29) is 11.9 Å². The highest BCUT2D eigenvalue weighted by Gasteiger charge is 2.34. The molecule has 0 unspecified atom stereocenters. The standard InChI is InChI=1S/C24H24ClN3O3/c1-4-23(29)28-22(14-21(27-28)15-7-6-8-17(11-15)30-3)19-13-16-12-18(31-5-2)9-10-20(16)26-24(19)25/h6-13,22H,4-5,14H2,1-3H3/t22-/m1/s1. The summed E-state index contributed by atoms with van der Waals surface area (Å²) in [5, 5.41) is 7.48. The molecule has 0 bridgehead atoms. The van der Waals surface area contributed by atoms with Crippen molar-refractivity contribution in [3.8, 4) is 11.5 Å². The topological polar surface area (TPSA) is 64.0 Å². The largest absolute Gasteiger partial charge is 0.497 e. The molecule has 0 fully saturated rings. The number of nitrogens with zero attached hydrogens (tertiary/aromatic N) is 3. The molecule has 0 radical (unpaired) electrons. The van der Waals surface area contributed by atoms with Crippen LogP contribution in [0.25, 0.3) is 10.9 Å². The zero-order valence-corrected chi connectivity index (χ0v) is 18.5. The summed E-state index contributed by atoms with van der Waals surface area (Å²) in [4.78, 5) is 17.3. The molecule has 1 aromatic heterocycles. The van der Waals surface area contributed by atoms with Crippen LogP contribution in [-0.4, -0.2) is 35.3 Å². The summed E-state index contributed by atoms with van der Waals surface area (Å²) in [6.45, 7) is 4.35. The highest BCUT2D eigenvalue weighted by Crippen LogP contribution is 2.38. The van der Waals surface area contributed by atoms with Crippen molar-refractivity contribution in [2.75, 3.05) is 13.7 Å². The molecule has 7 heteroatoms. The summed E-state index contributed by atoms with van der Waals surface area (Å²) in [6.07, 6.45) is 0.884. The van der Waals surface area contributed by atoms with E-state index in [1.165, 1.54) is 5.01 Å². The number of rotatable bonds is 6. The highest BCUT2D eigenvalue weighted by atomic mass is 35.5. The molecule has 1 amide bonds. The lowest BCUT2D eigenvalue weighted by Gasteiger charge is -2.22. The van der Waals surface area contributed by atoms with Crippen molar-refractivity contribution in [2.45, 2.75) is 32.7 Å². The van der Waals surface area contributed by atoms with Crippen LogP contribution in [0.1, 0.15) is 43.9 Å². The Balaban J connectivity index is 1.75. The van der Waals surface area contributed by atoms with Gasteiger partial charge in [-0.25, -0.2) is 9.99 Å². The molecule has 0 saturated heterocycles. The lowest BCUT2D eigenvalue weighted by molar-refractivity contribution is -0.132. The maximum atomic E-state index is 12.7. The highest BCUT2D eigenvalue weighted by molar-refractivity contribution is 6.30. The Morgan fingerprint density at radius 3 is 2.74 bits per heavy atom. The lowest BCUT2D eigenvalue weighted by Crippen LogP contribution is -2.26. The predicted octanol–water partition coefficient (Wildman–Crippen LogP) is 5.38. The molecular weight excluding hydrogens is 414 g/mol. The third-order valence-corrected chi connectivity index (χ3v) is 5.61. The summed E-state index contributed by atoms with van der Waals surface area (Å²) in [5.41, 5.74) is 3.27. The number of methoxy groups -OCH3 is 1. The van der Waals surface area contributed by atoms with Crippen molar-refractivity contribution < 1.29 is 14.3 Å². The van der Waals surface area contributed by atoms with Crippen LogP contribution in [0.2, 0.25) is 5.15 Å². The number of aromatic nitrogens is 1. The van der Waals surface area contributed by atoms with Crippen LogP contribution in [0.5, 0.6) is 11.5 Å². The van der Waals surface area contributed by atoms with E-state index in [0.29, 0.717) is 24.6 Å². The molecule has 1 aliphatic rings. The second kappa shape index (κ2) is 8.94. The van der Waals surface area contributed by atoms with E-state index >= 15 is 0 Å². The number of halogens is 1. The summed E-state index contributed by atoms with van der Waals surface area (Å²) in [6, 6.07) is 15.0. The van der Waals surface area contributed by atoms with Gasteiger partial charge in [-0.05, 0) is 43.3 Å². The van der Waals surface area contributed by atoms with Gasteiger partial charge < -0.3 is 9.47 Å². The molecule has 1 atom stereocenters. The van der Waals surface area contributed by atoms with Crippen molar-refractivity contribution in [1.29, 1.82) is 0 Å². The number of hydrazone groups is 1. The van der Waals surface area contributed by atoms with Crippen LogP contribution in [0.3, 0.4) is 0 Å². The zero-order chi connectivity index (χ0) is 22.0. The van der Waals surface area contributed by atoms with Gasteiger partial charge in [0.1, 0.15) is 16.7 Å². The van der Waals surface area contributed by atoms with E-state index < -0.39 is 0 Å². The van der Waals surface area contributed by atoms with Gasteiger partial charge >= 0.3 is 0 Å². The van der Waals surface area contributed by atoms with Crippen molar-refractivity contribution in [1.82, 2.24) is 9.99 Å². The van der Waals surface area contributed by atoms with Crippen molar-refractivity contribution in [2.24, 2.45) is 5.10 Å². The van der Waals surface area contributed by atoms with Crippen LogP contribution < -0.4 is 9.47 Å². The van der Waals surface area contributed by atoms with Gasteiger partial charge in [0, 0.05) is 29.4 Å². The smallest absolute Gasteiger partial charge is 0.242 e. The third-order valence-electron chi connectivity index (χ3n) is 5.31. The summed E-state index contributed by atoms with van der Waals surface area (Å²) >= 11 is 6.59. The Labute approximate surface area is 186 Å². The molecule has 6 nitrogen and oxygen atoms in total. The van der Waals surface area contributed by atoms with Gasteiger partial charge in [0.05, 0.1) is 31.0 Å². The average Bonchev–Trinajstić information content (AvgIpc) is 3.24. The van der Waals surface area contributed by atoms with Gasteiger partial charge in [0.2, 0.25) is 5.91 Å². The SMILES string of the molecule is CCOc1ccc2nc(Cl)c([C@H]3CC(c4cccc(OC)c4)=NN3C(=O)CC)cc2c1. The van der Waals surface area contributed by atoms with Gasteiger partial charge in [-0.1, -0.05) is 30.7 Å². The van der Waals surface area contributed by atoms with E-state index in [4.69, 9.17) is 21.1 Å². The molecule has 31 heavy (non-hydrogen) atoms. The van der Waals surface area contributed by atoms with E-state index in [0.717, 1.165) is 39.2 Å². The number of pyridine rings is 1. The molecule has 3 aromatic rings. The first-order valence-electron chi connectivity index (χ1n) is 10.3. The minimum Gasteiger partial charge on any atom is -0.497 e. The second-order valence-corrected chi connectivity index (χ2v) is 7.60. The second-order valence-electron chi connectivity index (χ2n) is 7.25. The Kier molecular flexibility index (Phi) is 6.09. The number of benzene rings is 2. The van der Waals surface area contributed by atoms with E-state index in [1.807, 2.05) is 62.4 Å². The van der Waals surface area contributed by atoms with Gasteiger partial charge in [0.15, 0.2) is 0 Å². The maximum Gasteiger partial charge on any atom is 0.242 e. The maximum absolute atomic E-state index is 12.7. The Hall–Kier alpha value is -3.12. The number of amides is 1. The first-order chi connectivity index (χ1) is 15.0. The normalized spacial score (nSPS) is 15.8. The van der Waals surface area contributed by atoms with E-state index in [9.17, 15) is 4.79 Å². The number of carbonyl (C=O) groups excluding carboxylic acids is 1. The van der Waals surface area contributed by atoms with Crippen LogP contribution in [0.4, 0.5) is 0 Å². The Bertz CT molecular complexity index is 1160. The van der Waals surface area contributed by atoms with Crippen LogP contribution >= 0.6 is 11.6 Å². The van der Waals surface area contributed by atoms with Crippen molar-refractivity contribution in [3.63, 3.8) is 0 Å². The predicted molar refractivity (Wildman–Crippen MR) is 122 cm³/mol. The minimum atomic E-state index is -0.325. The third kappa shape index (κ3) is 4.21. The molecule has 1 aliphatic heterocycles. The first kappa shape index (κ1) is 21.1. The van der Waals surface area contributed by atoms with E-state index in [2.05, 4.69) is 10.1 Å².